The standard InChI is InChI=1S/C8H13ClN2O2/c1-5(9)8(13)11-4-2-3-6(11)7(10)12/h5-6H,2-4H2,1H3,(H2,10,12). The summed E-state index contributed by atoms with van der Waals surface area (Å²) in [4.78, 5) is 23.8. The van der Waals surface area contributed by atoms with Gasteiger partial charge in [-0.25, -0.2) is 0 Å². The van der Waals surface area contributed by atoms with Gasteiger partial charge in [0.2, 0.25) is 11.8 Å². The number of primary amides is 1. The monoisotopic (exact) mass is 204 g/mol. The largest absolute Gasteiger partial charge is 0.368 e. The summed E-state index contributed by atoms with van der Waals surface area (Å²) in [6, 6.07) is -0.450. The molecule has 1 heterocycles. The summed E-state index contributed by atoms with van der Waals surface area (Å²) in [5, 5.41) is -0.583. The van der Waals surface area contributed by atoms with Crippen LogP contribution in [0.25, 0.3) is 0 Å². The van der Waals surface area contributed by atoms with E-state index in [1.807, 2.05) is 0 Å². The van der Waals surface area contributed by atoms with Crippen molar-refractivity contribution in [2.75, 3.05) is 6.54 Å². The van der Waals surface area contributed by atoms with Crippen LogP contribution in [0.1, 0.15) is 19.8 Å². The van der Waals surface area contributed by atoms with E-state index < -0.39 is 17.3 Å². The molecule has 0 aliphatic carbocycles. The predicted octanol–water partition coefficient (Wildman–Crippen LogP) is 0.0900. The zero-order chi connectivity index (χ0) is 10.0. The molecule has 0 saturated carbocycles. The van der Waals surface area contributed by atoms with Crippen LogP contribution in [0.2, 0.25) is 0 Å². The van der Waals surface area contributed by atoms with Crippen molar-refractivity contribution in [1.29, 1.82) is 0 Å². The van der Waals surface area contributed by atoms with Crippen molar-refractivity contribution < 1.29 is 9.59 Å². The van der Waals surface area contributed by atoms with Crippen molar-refractivity contribution in [3.63, 3.8) is 0 Å². The Balaban J connectivity index is 2.68. The Bertz CT molecular complexity index is 230. The van der Waals surface area contributed by atoms with Crippen LogP contribution in [-0.2, 0) is 9.59 Å². The molecular weight excluding hydrogens is 192 g/mol. The van der Waals surface area contributed by atoms with Gasteiger partial charge < -0.3 is 10.6 Å². The molecule has 2 unspecified atom stereocenters. The lowest BCUT2D eigenvalue weighted by molar-refractivity contribution is -0.136. The maximum atomic E-state index is 11.4. The van der Waals surface area contributed by atoms with E-state index in [0.29, 0.717) is 13.0 Å². The average molecular weight is 205 g/mol. The minimum atomic E-state index is -0.583. The normalized spacial score (nSPS) is 24.5. The van der Waals surface area contributed by atoms with Crippen LogP contribution in [0.5, 0.6) is 0 Å². The third-order valence-electron chi connectivity index (χ3n) is 2.20. The molecular formula is C8H13ClN2O2. The average Bonchev–Trinajstić information content (AvgIpc) is 2.50. The van der Waals surface area contributed by atoms with Gasteiger partial charge in [0.15, 0.2) is 0 Å². The summed E-state index contributed by atoms with van der Waals surface area (Å²) in [5.41, 5.74) is 5.15. The Morgan fingerprint density at radius 3 is 2.69 bits per heavy atom. The lowest BCUT2D eigenvalue weighted by atomic mass is 10.2. The van der Waals surface area contributed by atoms with Crippen molar-refractivity contribution in [3.05, 3.63) is 0 Å². The van der Waals surface area contributed by atoms with E-state index in [2.05, 4.69) is 0 Å². The maximum Gasteiger partial charge on any atom is 0.241 e. The molecule has 0 aromatic rings. The number of likely N-dealkylation sites (tertiary alicyclic amines) is 1. The van der Waals surface area contributed by atoms with Crippen LogP contribution >= 0.6 is 11.6 Å². The second-order valence-electron chi connectivity index (χ2n) is 3.21. The number of hydrogen-bond acceptors (Lipinski definition) is 2. The minimum absolute atomic E-state index is 0.206. The smallest absolute Gasteiger partial charge is 0.241 e. The van der Waals surface area contributed by atoms with Crippen LogP contribution in [0.4, 0.5) is 0 Å². The Morgan fingerprint density at radius 1 is 1.62 bits per heavy atom. The van der Waals surface area contributed by atoms with Crippen LogP contribution < -0.4 is 5.73 Å². The third kappa shape index (κ3) is 2.12. The lowest BCUT2D eigenvalue weighted by Gasteiger charge is -2.23. The number of rotatable bonds is 2. The quantitative estimate of drug-likeness (QED) is 0.648. The number of nitrogens with zero attached hydrogens (tertiary/aromatic N) is 1. The van der Waals surface area contributed by atoms with E-state index in [9.17, 15) is 9.59 Å². The first kappa shape index (κ1) is 10.3. The van der Waals surface area contributed by atoms with Crippen molar-refractivity contribution >= 4 is 23.4 Å². The molecule has 1 fully saturated rings. The number of alkyl halides is 1. The van der Waals surface area contributed by atoms with Gasteiger partial charge >= 0.3 is 0 Å². The van der Waals surface area contributed by atoms with Gasteiger partial charge in [-0.15, -0.1) is 11.6 Å². The van der Waals surface area contributed by atoms with E-state index in [1.54, 1.807) is 6.92 Å². The molecule has 1 rings (SSSR count). The summed E-state index contributed by atoms with van der Waals surface area (Å²) in [7, 11) is 0. The first-order valence-electron chi connectivity index (χ1n) is 4.28. The Hall–Kier alpha value is -0.770. The summed E-state index contributed by atoms with van der Waals surface area (Å²) in [6.45, 7) is 2.18. The highest BCUT2D eigenvalue weighted by atomic mass is 35.5. The number of hydrogen-bond donors (Lipinski definition) is 1. The first-order chi connectivity index (χ1) is 6.04. The molecule has 2 amide bonds. The van der Waals surface area contributed by atoms with Gasteiger partial charge in [-0.3, -0.25) is 9.59 Å². The van der Waals surface area contributed by atoms with Gasteiger partial charge in [0.05, 0.1) is 0 Å². The number of halogens is 1. The minimum Gasteiger partial charge on any atom is -0.368 e. The molecule has 0 aromatic heterocycles. The number of carbonyl (C=O) groups excluding carboxylic acids is 2. The Labute approximate surface area is 82.0 Å². The SMILES string of the molecule is CC(Cl)C(=O)N1CCCC1C(N)=O. The maximum absolute atomic E-state index is 11.4. The molecule has 2 atom stereocenters. The van der Waals surface area contributed by atoms with Gasteiger partial charge in [-0.05, 0) is 19.8 Å². The molecule has 0 spiro atoms. The number of nitrogens with two attached hydrogens (primary N) is 1. The number of amides is 2. The van der Waals surface area contributed by atoms with E-state index in [4.69, 9.17) is 17.3 Å². The molecule has 74 valence electrons. The fourth-order valence-corrected chi connectivity index (χ4v) is 1.68. The molecule has 4 nitrogen and oxygen atoms in total. The summed E-state index contributed by atoms with van der Waals surface area (Å²) >= 11 is 5.63. The van der Waals surface area contributed by atoms with E-state index in [1.165, 1.54) is 4.90 Å². The van der Waals surface area contributed by atoms with Crippen LogP contribution in [-0.4, -0.2) is 34.7 Å². The molecule has 1 aliphatic rings. The van der Waals surface area contributed by atoms with Crippen LogP contribution in [0.3, 0.4) is 0 Å². The van der Waals surface area contributed by atoms with E-state index in [0.717, 1.165) is 6.42 Å². The zero-order valence-electron chi connectivity index (χ0n) is 7.50. The van der Waals surface area contributed by atoms with E-state index >= 15 is 0 Å². The highest BCUT2D eigenvalue weighted by Crippen LogP contribution is 2.18. The molecule has 2 N–H and O–H groups in total. The van der Waals surface area contributed by atoms with Gasteiger partial charge in [0, 0.05) is 6.54 Å². The Morgan fingerprint density at radius 2 is 2.23 bits per heavy atom. The Kier molecular flexibility index (Phi) is 3.14. The summed E-state index contributed by atoms with van der Waals surface area (Å²) in [5.74, 6) is -0.647. The van der Waals surface area contributed by atoms with Crippen LogP contribution in [0, 0.1) is 0 Å². The second-order valence-corrected chi connectivity index (χ2v) is 3.86. The molecule has 0 aromatic carbocycles. The lowest BCUT2D eigenvalue weighted by Crippen LogP contribution is -2.46. The third-order valence-corrected chi connectivity index (χ3v) is 2.39. The fourth-order valence-electron chi connectivity index (χ4n) is 1.55. The van der Waals surface area contributed by atoms with Crippen LogP contribution in [0.15, 0.2) is 0 Å². The molecule has 13 heavy (non-hydrogen) atoms. The van der Waals surface area contributed by atoms with Gasteiger partial charge in [-0.2, -0.15) is 0 Å². The molecule has 1 saturated heterocycles. The van der Waals surface area contributed by atoms with Crippen molar-refractivity contribution in [2.24, 2.45) is 5.73 Å². The van der Waals surface area contributed by atoms with Gasteiger partial charge in [-0.1, -0.05) is 0 Å². The molecule has 5 heteroatoms. The van der Waals surface area contributed by atoms with Crippen molar-refractivity contribution in [1.82, 2.24) is 4.90 Å². The van der Waals surface area contributed by atoms with Crippen molar-refractivity contribution in [3.8, 4) is 0 Å². The molecule has 0 radical (unpaired) electrons. The van der Waals surface area contributed by atoms with Crippen molar-refractivity contribution in [2.45, 2.75) is 31.2 Å². The molecule has 0 bridgehead atoms. The second kappa shape index (κ2) is 3.96. The molecule has 1 aliphatic heterocycles. The summed E-state index contributed by atoms with van der Waals surface area (Å²) < 4.78 is 0. The first-order valence-corrected chi connectivity index (χ1v) is 4.71. The number of carbonyl (C=O) groups is 2. The fraction of sp³-hybridized carbons (Fsp3) is 0.750. The highest BCUT2D eigenvalue weighted by molar-refractivity contribution is 6.30. The topological polar surface area (TPSA) is 63.4 Å². The zero-order valence-corrected chi connectivity index (χ0v) is 8.25. The predicted molar refractivity (Wildman–Crippen MR) is 49.2 cm³/mol. The van der Waals surface area contributed by atoms with Gasteiger partial charge in [0.25, 0.3) is 0 Å². The summed E-state index contributed by atoms with van der Waals surface area (Å²) in [6.07, 6.45) is 1.48. The van der Waals surface area contributed by atoms with Gasteiger partial charge in [0.1, 0.15) is 11.4 Å². The highest BCUT2D eigenvalue weighted by Gasteiger charge is 2.33. The van der Waals surface area contributed by atoms with E-state index in [-0.39, 0.29) is 5.91 Å².